The molecule has 3 N–H and O–H groups in total. The number of hydrogen-bond acceptors (Lipinski definition) is 5. The summed E-state index contributed by atoms with van der Waals surface area (Å²) in [7, 11) is 1.67. The first kappa shape index (κ1) is 20.6. The molecule has 8 heteroatoms. The van der Waals surface area contributed by atoms with Gasteiger partial charge in [-0.3, -0.25) is 14.8 Å². The van der Waals surface area contributed by atoms with E-state index in [1.54, 1.807) is 7.11 Å². The number of H-pyrrole nitrogens is 1. The summed E-state index contributed by atoms with van der Waals surface area (Å²) >= 11 is 0. The number of aromatic nitrogens is 2. The zero-order chi connectivity index (χ0) is 18.6. The van der Waals surface area contributed by atoms with E-state index in [9.17, 15) is 4.79 Å². The number of nitrogens with one attached hydrogen (secondary N) is 3. The van der Waals surface area contributed by atoms with Crippen molar-refractivity contribution in [1.29, 1.82) is 0 Å². The standard InChI is InChI=1S/C20H27N5O2.ClH/c1-27-15-6-4-14(5-7-15)18(25-10-2-3-11-25)13-22-20(26)19-16-12-21-9-8-17(16)23-24-19;/h4-7,18,21H,2-3,8-13H2,1H3,(H,22,26)(H,23,24);1H. The number of rotatable bonds is 6. The molecule has 1 saturated heterocycles. The average molecular weight is 406 g/mol. The maximum Gasteiger partial charge on any atom is 0.272 e. The van der Waals surface area contributed by atoms with E-state index >= 15 is 0 Å². The molecule has 2 aliphatic rings. The molecule has 1 amide bonds. The maximum absolute atomic E-state index is 12.8. The zero-order valence-electron chi connectivity index (χ0n) is 16.2. The van der Waals surface area contributed by atoms with Gasteiger partial charge in [0, 0.05) is 37.3 Å². The molecular weight excluding hydrogens is 378 g/mol. The van der Waals surface area contributed by atoms with Crippen LogP contribution in [0.5, 0.6) is 5.75 Å². The Balaban J connectivity index is 0.00000225. The smallest absolute Gasteiger partial charge is 0.272 e. The predicted octanol–water partition coefficient (Wildman–Crippen LogP) is 2.05. The molecule has 0 radical (unpaired) electrons. The SMILES string of the molecule is COc1ccc(C(CNC(=O)c2n[nH]c3c2CNCC3)N2CCCC2)cc1.Cl. The fourth-order valence-electron chi connectivity index (χ4n) is 4.02. The van der Waals surface area contributed by atoms with Gasteiger partial charge < -0.3 is 15.4 Å². The highest BCUT2D eigenvalue weighted by molar-refractivity contribution is 5.94. The van der Waals surface area contributed by atoms with E-state index in [4.69, 9.17) is 4.74 Å². The first-order valence-electron chi connectivity index (χ1n) is 9.69. The van der Waals surface area contributed by atoms with Gasteiger partial charge in [-0.1, -0.05) is 12.1 Å². The zero-order valence-corrected chi connectivity index (χ0v) is 17.0. The lowest BCUT2D eigenvalue weighted by atomic mass is 10.0. The molecule has 0 bridgehead atoms. The number of carbonyl (C=O) groups excluding carboxylic acids is 1. The molecule has 0 spiro atoms. The molecule has 1 aromatic carbocycles. The summed E-state index contributed by atoms with van der Waals surface area (Å²) in [6, 6.07) is 8.31. The van der Waals surface area contributed by atoms with Crippen molar-refractivity contribution in [2.75, 3.05) is 33.3 Å². The third kappa shape index (κ3) is 4.32. The van der Waals surface area contributed by atoms with Gasteiger partial charge in [0.2, 0.25) is 0 Å². The Kier molecular flexibility index (Phi) is 6.93. The minimum absolute atomic E-state index is 0. The van der Waals surface area contributed by atoms with Crippen molar-refractivity contribution in [2.45, 2.75) is 31.8 Å². The van der Waals surface area contributed by atoms with Crippen molar-refractivity contribution in [2.24, 2.45) is 0 Å². The lowest BCUT2D eigenvalue weighted by molar-refractivity contribution is 0.0931. The van der Waals surface area contributed by atoms with E-state index < -0.39 is 0 Å². The lowest BCUT2D eigenvalue weighted by Gasteiger charge is -2.28. The highest BCUT2D eigenvalue weighted by atomic mass is 35.5. The van der Waals surface area contributed by atoms with E-state index in [-0.39, 0.29) is 24.4 Å². The molecule has 4 rings (SSSR count). The number of methoxy groups -OCH3 is 1. The van der Waals surface area contributed by atoms with Crippen molar-refractivity contribution >= 4 is 18.3 Å². The van der Waals surface area contributed by atoms with Crippen LogP contribution in [0, 0.1) is 0 Å². The van der Waals surface area contributed by atoms with Crippen LogP contribution in [0.15, 0.2) is 24.3 Å². The summed E-state index contributed by atoms with van der Waals surface area (Å²) in [6.45, 7) is 4.32. The normalized spacial score (nSPS) is 17.5. The van der Waals surface area contributed by atoms with Crippen molar-refractivity contribution in [3.63, 3.8) is 0 Å². The summed E-state index contributed by atoms with van der Waals surface area (Å²) in [6.07, 6.45) is 3.30. The number of carbonyl (C=O) groups is 1. The Morgan fingerprint density at radius 1 is 1.29 bits per heavy atom. The summed E-state index contributed by atoms with van der Waals surface area (Å²) in [5, 5.41) is 13.7. The highest BCUT2D eigenvalue weighted by Gasteiger charge is 2.26. The molecule has 1 fully saturated rings. The summed E-state index contributed by atoms with van der Waals surface area (Å²) in [5.74, 6) is 0.743. The summed E-state index contributed by atoms with van der Waals surface area (Å²) < 4.78 is 5.27. The minimum Gasteiger partial charge on any atom is -0.497 e. The van der Waals surface area contributed by atoms with Crippen molar-refractivity contribution in [1.82, 2.24) is 25.7 Å². The Bertz CT molecular complexity index is 786. The second kappa shape index (κ2) is 9.41. The van der Waals surface area contributed by atoms with Gasteiger partial charge in [-0.2, -0.15) is 5.10 Å². The molecule has 0 aliphatic carbocycles. The van der Waals surface area contributed by atoms with Gasteiger partial charge in [0.05, 0.1) is 13.2 Å². The Morgan fingerprint density at radius 2 is 2.04 bits per heavy atom. The summed E-state index contributed by atoms with van der Waals surface area (Å²) in [5.41, 5.74) is 3.79. The minimum atomic E-state index is -0.103. The van der Waals surface area contributed by atoms with Gasteiger partial charge >= 0.3 is 0 Å². The number of likely N-dealkylation sites (tertiary alicyclic amines) is 1. The molecule has 1 atom stereocenters. The number of amides is 1. The van der Waals surface area contributed by atoms with Gasteiger partial charge in [0.15, 0.2) is 5.69 Å². The van der Waals surface area contributed by atoms with Crippen LogP contribution in [0.25, 0.3) is 0 Å². The predicted molar refractivity (Wildman–Crippen MR) is 110 cm³/mol. The molecular formula is C20H28ClN5O2. The quantitative estimate of drug-likeness (QED) is 0.685. The molecule has 1 unspecified atom stereocenters. The van der Waals surface area contributed by atoms with Crippen LogP contribution in [-0.2, 0) is 13.0 Å². The monoisotopic (exact) mass is 405 g/mol. The Labute approximate surface area is 171 Å². The number of hydrogen-bond donors (Lipinski definition) is 3. The van der Waals surface area contributed by atoms with Crippen LogP contribution in [0.1, 0.15) is 46.2 Å². The van der Waals surface area contributed by atoms with Crippen LogP contribution < -0.4 is 15.4 Å². The topological polar surface area (TPSA) is 82.3 Å². The van der Waals surface area contributed by atoms with Gasteiger partial charge in [0.25, 0.3) is 5.91 Å². The van der Waals surface area contributed by atoms with Crippen LogP contribution >= 0.6 is 12.4 Å². The number of ether oxygens (including phenoxy) is 1. The van der Waals surface area contributed by atoms with Crippen LogP contribution in [0.3, 0.4) is 0 Å². The molecule has 152 valence electrons. The highest BCUT2D eigenvalue weighted by Crippen LogP contribution is 2.26. The molecule has 2 aromatic rings. The van der Waals surface area contributed by atoms with Crippen LogP contribution in [0.2, 0.25) is 0 Å². The molecule has 3 heterocycles. The number of benzene rings is 1. The van der Waals surface area contributed by atoms with E-state index in [2.05, 4.69) is 37.9 Å². The van der Waals surface area contributed by atoms with Crippen molar-refractivity contribution in [3.05, 3.63) is 46.8 Å². The third-order valence-corrected chi connectivity index (χ3v) is 5.56. The molecule has 28 heavy (non-hydrogen) atoms. The molecule has 0 saturated carbocycles. The van der Waals surface area contributed by atoms with Gasteiger partial charge in [-0.05, 0) is 43.6 Å². The van der Waals surface area contributed by atoms with Crippen molar-refractivity contribution < 1.29 is 9.53 Å². The largest absolute Gasteiger partial charge is 0.497 e. The fraction of sp³-hybridized carbons (Fsp3) is 0.500. The third-order valence-electron chi connectivity index (χ3n) is 5.56. The molecule has 2 aliphatic heterocycles. The van der Waals surface area contributed by atoms with Crippen molar-refractivity contribution in [3.8, 4) is 5.75 Å². The van der Waals surface area contributed by atoms with E-state index in [0.29, 0.717) is 18.8 Å². The number of aromatic amines is 1. The second-order valence-electron chi connectivity index (χ2n) is 7.20. The number of nitrogens with zero attached hydrogens (tertiary/aromatic N) is 2. The molecule has 1 aromatic heterocycles. The Hall–Kier alpha value is -2.09. The Morgan fingerprint density at radius 3 is 2.75 bits per heavy atom. The first-order valence-corrected chi connectivity index (χ1v) is 9.69. The lowest BCUT2D eigenvalue weighted by Crippen LogP contribution is -2.37. The van der Waals surface area contributed by atoms with E-state index in [1.165, 1.54) is 18.4 Å². The van der Waals surface area contributed by atoms with Gasteiger partial charge in [-0.25, -0.2) is 0 Å². The first-order chi connectivity index (χ1) is 13.3. The fourth-order valence-corrected chi connectivity index (χ4v) is 4.02. The second-order valence-corrected chi connectivity index (χ2v) is 7.20. The molecule has 7 nitrogen and oxygen atoms in total. The maximum atomic E-state index is 12.8. The number of fused-ring (bicyclic) bond motifs is 1. The van der Waals surface area contributed by atoms with Crippen LogP contribution in [-0.4, -0.2) is 54.3 Å². The van der Waals surface area contributed by atoms with E-state index in [0.717, 1.165) is 43.1 Å². The number of halogens is 1. The summed E-state index contributed by atoms with van der Waals surface area (Å²) in [4.78, 5) is 15.2. The van der Waals surface area contributed by atoms with Gasteiger partial charge in [-0.15, -0.1) is 12.4 Å². The van der Waals surface area contributed by atoms with E-state index in [1.807, 2.05) is 12.1 Å². The average Bonchev–Trinajstić information content (AvgIpc) is 3.38. The van der Waals surface area contributed by atoms with Crippen LogP contribution in [0.4, 0.5) is 0 Å². The van der Waals surface area contributed by atoms with Gasteiger partial charge in [0.1, 0.15) is 5.75 Å².